The Bertz CT molecular complexity index is 804. The van der Waals surface area contributed by atoms with Gasteiger partial charge in [0.2, 0.25) is 0 Å². The van der Waals surface area contributed by atoms with Crippen molar-refractivity contribution in [3.05, 3.63) is 58.7 Å². The summed E-state index contributed by atoms with van der Waals surface area (Å²) in [7, 11) is 1.62. The minimum Gasteiger partial charge on any atom is -0.496 e. The molecule has 0 spiro atoms. The lowest BCUT2D eigenvalue weighted by atomic mass is 9.87. The van der Waals surface area contributed by atoms with Crippen LogP contribution in [0.15, 0.2) is 36.4 Å². The van der Waals surface area contributed by atoms with Crippen molar-refractivity contribution in [1.29, 1.82) is 0 Å². The molecule has 144 valence electrons. The summed E-state index contributed by atoms with van der Waals surface area (Å²) >= 11 is 0. The van der Waals surface area contributed by atoms with Gasteiger partial charge in [0.15, 0.2) is 0 Å². The van der Waals surface area contributed by atoms with Crippen LogP contribution in [-0.4, -0.2) is 13.0 Å². The summed E-state index contributed by atoms with van der Waals surface area (Å²) < 4.78 is 5.49. The van der Waals surface area contributed by atoms with Crippen LogP contribution in [0.2, 0.25) is 0 Å². The molecule has 1 aliphatic rings. The first kappa shape index (κ1) is 19.3. The van der Waals surface area contributed by atoms with Crippen LogP contribution < -0.4 is 15.6 Å². The maximum atomic E-state index is 12.7. The van der Waals surface area contributed by atoms with Crippen LogP contribution in [0, 0.1) is 0 Å². The van der Waals surface area contributed by atoms with Crippen LogP contribution >= 0.6 is 0 Å². The summed E-state index contributed by atoms with van der Waals surface area (Å²) in [6.45, 7) is 6.55. The molecule has 0 atom stereocenters. The quantitative estimate of drug-likeness (QED) is 0.590. The van der Waals surface area contributed by atoms with Gasteiger partial charge in [-0.1, -0.05) is 39.3 Å². The van der Waals surface area contributed by atoms with Gasteiger partial charge < -0.3 is 4.74 Å². The predicted octanol–water partition coefficient (Wildman–Crippen LogP) is 5.02. The lowest BCUT2D eigenvalue weighted by Gasteiger charge is -2.19. The van der Waals surface area contributed by atoms with Crippen molar-refractivity contribution in [2.24, 2.45) is 0 Å². The van der Waals surface area contributed by atoms with E-state index in [1.54, 1.807) is 7.11 Å². The molecule has 2 aromatic carbocycles. The molecule has 1 aliphatic carbocycles. The standard InChI is InChI=1S/C23H30N2O2/c1-23(2,3)18-10-12-19(13-11-18)24-25-22(26)20-14-16-8-6-5-7-9-17(16)15-21(20)27-4/h10-15,24H,5-9H2,1-4H3,(H,25,26). The molecule has 0 fully saturated rings. The maximum absolute atomic E-state index is 12.7. The Morgan fingerprint density at radius 1 is 0.963 bits per heavy atom. The number of benzene rings is 2. The van der Waals surface area contributed by atoms with Crippen LogP contribution in [0.4, 0.5) is 5.69 Å². The van der Waals surface area contributed by atoms with E-state index in [1.165, 1.54) is 36.0 Å². The molecule has 0 aliphatic heterocycles. The summed E-state index contributed by atoms with van der Waals surface area (Å²) in [5, 5.41) is 0. The van der Waals surface area contributed by atoms with Crippen molar-refractivity contribution >= 4 is 11.6 Å². The number of hydrazine groups is 1. The van der Waals surface area contributed by atoms with E-state index in [1.807, 2.05) is 24.3 Å². The van der Waals surface area contributed by atoms with Crippen LogP contribution in [0.1, 0.15) is 67.1 Å². The third-order valence-corrected chi connectivity index (χ3v) is 5.23. The molecule has 0 unspecified atom stereocenters. The molecule has 0 radical (unpaired) electrons. The van der Waals surface area contributed by atoms with Gasteiger partial charge in [0.1, 0.15) is 5.75 Å². The average Bonchev–Trinajstić information content (AvgIpc) is 2.89. The maximum Gasteiger partial charge on any atom is 0.273 e. The normalized spacial score (nSPS) is 14.1. The molecule has 0 saturated carbocycles. The summed E-state index contributed by atoms with van der Waals surface area (Å²) in [4.78, 5) is 12.7. The molecular formula is C23H30N2O2. The van der Waals surface area contributed by atoms with Gasteiger partial charge in [-0.3, -0.25) is 15.6 Å². The van der Waals surface area contributed by atoms with E-state index in [-0.39, 0.29) is 11.3 Å². The first-order chi connectivity index (χ1) is 12.9. The zero-order valence-corrected chi connectivity index (χ0v) is 16.8. The number of nitrogens with one attached hydrogen (secondary N) is 2. The highest BCUT2D eigenvalue weighted by molar-refractivity contribution is 5.98. The molecule has 4 heteroatoms. The number of methoxy groups -OCH3 is 1. The summed E-state index contributed by atoms with van der Waals surface area (Å²) in [6, 6.07) is 12.2. The van der Waals surface area contributed by atoms with Crippen molar-refractivity contribution in [3.63, 3.8) is 0 Å². The van der Waals surface area contributed by atoms with Crippen molar-refractivity contribution in [1.82, 2.24) is 5.43 Å². The van der Waals surface area contributed by atoms with Gasteiger partial charge in [-0.05, 0) is 72.1 Å². The van der Waals surface area contributed by atoms with Gasteiger partial charge in [0.05, 0.1) is 18.4 Å². The average molecular weight is 367 g/mol. The van der Waals surface area contributed by atoms with E-state index in [9.17, 15) is 4.79 Å². The molecule has 0 bridgehead atoms. The third-order valence-electron chi connectivity index (χ3n) is 5.23. The zero-order valence-electron chi connectivity index (χ0n) is 16.8. The minimum atomic E-state index is -0.182. The molecule has 27 heavy (non-hydrogen) atoms. The van der Waals surface area contributed by atoms with Crippen molar-refractivity contribution in [2.45, 2.75) is 58.3 Å². The van der Waals surface area contributed by atoms with Gasteiger partial charge in [-0.15, -0.1) is 0 Å². The SMILES string of the molecule is COc1cc2c(cc1C(=O)NNc1ccc(C(C)(C)C)cc1)CCCCC2. The topological polar surface area (TPSA) is 50.4 Å². The molecule has 2 aromatic rings. The van der Waals surface area contributed by atoms with Crippen LogP contribution in [0.5, 0.6) is 5.75 Å². The van der Waals surface area contributed by atoms with Crippen LogP contribution in [0.25, 0.3) is 0 Å². The van der Waals surface area contributed by atoms with E-state index >= 15 is 0 Å². The van der Waals surface area contributed by atoms with Crippen molar-refractivity contribution in [2.75, 3.05) is 12.5 Å². The lowest BCUT2D eigenvalue weighted by Crippen LogP contribution is -2.30. The number of fused-ring (bicyclic) bond motifs is 1. The Morgan fingerprint density at radius 2 is 1.59 bits per heavy atom. The molecule has 4 nitrogen and oxygen atoms in total. The fraction of sp³-hybridized carbons (Fsp3) is 0.435. The first-order valence-electron chi connectivity index (χ1n) is 9.75. The van der Waals surface area contributed by atoms with Gasteiger partial charge in [0.25, 0.3) is 5.91 Å². The van der Waals surface area contributed by atoms with Gasteiger partial charge in [-0.25, -0.2) is 0 Å². The summed E-state index contributed by atoms with van der Waals surface area (Å²) in [6.07, 6.45) is 5.71. The Balaban J connectivity index is 1.73. The fourth-order valence-corrected chi connectivity index (χ4v) is 3.54. The molecule has 0 aromatic heterocycles. The van der Waals surface area contributed by atoms with Crippen LogP contribution in [0.3, 0.4) is 0 Å². The molecule has 3 rings (SSSR count). The second kappa shape index (κ2) is 8.03. The Hall–Kier alpha value is -2.49. The van der Waals surface area contributed by atoms with E-state index in [4.69, 9.17) is 4.74 Å². The monoisotopic (exact) mass is 366 g/mol. The molecular weight excluding hydrogens is 336 g/mol. The number of ether oxygens (including phenoxy) is 1. The second-order valence-corrected chi connectivity index (χ2v) is 8.29. The highest BCUT2D eigenvalue weighted by atomic mass is 16.5. The number of anilines is 1. The second-order valence-electron chi connectivity index (χ2n) is 8.29. The van der Waals surface area contributed by atoms with Crippen molar-refractivity contribution < 1.29 is 9.53 Å². The van der Waals surface area contributed by atoms with E-state index in [2.05, 4.69) is 43.8 Å². The van der Waals surface area contributed by atoms with Crippen LogP contribution in [-0.2, 0) is 18.3 Å². The molecule has 0 heterocycles. The number of hydrogen-bond donors (Lipinski definition) is 2. The number of rotatable bonds is 4. The van der Waals surface area contributed by atoms with Crippen molar-refractivity contribution in [3.8, 4) is 5.75 Å². The number of carbonyl (C=O) groups is 1. The Labute approximate surface area is 162 Å². The van der Waals surface area contributed by atoms with Gasteiger partial charge in [0, 0.05) is 0 Å². The van der Waals surface area contributed by atoms with Gasteiger partial charge in [-0.2, -0.15) is 0 Å². The molecule has 1 amide bonds. The molecule has 2 N–H and O–H groups in total. The highest BCUT2D eigenvalue weighted by Gasteiger charge is 2.18. The zero-order chi connectivity index (χ0) is 19.4. The fourth-order valence-electron chi connectivity index (χ4n) is 3.54. The first-order valence-corrected chi connectivity index (χ1v) is 9.75. The van der Waals surface area contributed by atoms with E-state index in [0.29, 0.717) is 11.3 Å². The third kappa shape index (κ3) is 4.62. The number of amides is 1. The Kier molecular flexibility index (Phi) is 5.73. The smallest absolute Gasteiger partial charge is 0.273 e. The largest absolute Gasteiger partial charge is 0.496 e. The highest BCUT2D eigenvalue weighted by Crippen LogP contribution is 2.29. The van der Waals surface area contributed by atoms with E-state index < -0.39 is 0 Å². The lowest BCUT2D eigenvalue weighted by molar-refractivity contribution is 0.0959. The number of carbonyl (C=O) groups excluding carboxylic acids is 1. The number of hydrogen-bond acceptors (Lipinski definition) is 3. The van der Waals surface area contributed by atoms with Gasteiger partial charge >= 0.3 is 0 Å². The summed E-state index contributed by atoms with van der Waals surface area (Å²) in [5.74, 6) is 0.455. The summed E-state index contributed by atoms with van der Waals surface area (Å²) in [5.41, 5.74) is 11.2. The number of aryl methyl sites for hydroxylation is 2. The van der Waals surface area contributed by atoms with E-state index in [0.717, 1.165) is 18.5 Å². The Morgan fingerprint density at radius 3 is 2.19 bits per heavy atom. The molecule has 0 saturated heterocycles. The predicted molar refractivity (Wildman–Crippen MR) is 110 cm³/mol. The minimum absolute atomic E-state index is 0.108.